The van der Waals surface area contributed by atoms with E-state index in [-0.39, 0.29) is 12.1 Å². The summed E-state index contributed by atoms with van der Waals surface area (Å²) in [5.41, 5.74) is 5.68. The number of carbonyl (C=O) groups excluding carboxylic acids is 2. The first-order chi connectivity index (χ1) is 14.7. The van der Waals surface area contributed by atoms with Crippen LogP contribution in [0.1, 0.15) is 22.5 Å². The lowest BCUT2D eigenvalue weighted by Gasteiger charge is -2.13. The number of primary amides is 1. The number of carbonyl (C=O) groups is 2. The van der Waals surface area contributed by atoms with Gasteiger partial charge < -0.3 is 15.7 Å². The topological polar surface area (TPSA) is 114 Å². The quantitative estimate of drug-likeness (QED) is 0.618. The summed E-state index contributed by atoms with van der Waals surface area (Å²) in [7, 11) is 1.61. The fourth-order valence-corrected chi connectivity index (χ4v) is 3.27. The molecule has 0 saturated carbocycles. The van der Waals surface area contributed by atoms with Gasteiger partial charge in [0.05, 0.1) is 23.8 Å². The maximum absolute atomic E-state index is 13.4. The fraction of sp³-hybridized carbons (Fsp3) is 0.182. The van der Waals surface area contributed by atoms with E-state index in [1.165, 1.54) is 21.8 Å². The molecule has 4 rings (SSSR count). The summed E-state index contributed by atoms with van der Waals surface area (Å²) in [5.74, 6) is 3.82. The van der Waals surface area contributed by atoms with Gasteiger partial charge in [-0.3, -0.25) is 9.59 Å². The number of nitrogens with two attached hydrogens (primary N) is 1. The Balaban J connectivity index is 1.73. The van der Waals surface area contributed by atoms with Crippen LogP contribution in [0.4, 0.5) is 4.39 Å². The number of hydrogen-bond acceptors (Lipinski definition) is 5. The molecular weight excluding hydrogens is 401 g/mol. The lowest BCUT2D eigenvalue weighted by Crippen LogP contribution is -2.37. The molecule has 1 saturated heterocycles. The van der Waals surface area contributed by atoms with Crippen LogP contribution in [0.2, 0.25) is 0 Å². The van der Waals surface area contributed by atoms with Gasteiger partial charge in [-0.15, -0.1) is 0 Å². The molecule has 3 N–H and O–H groups in total. The third-order valence-electron chi connectivity index (χ3n) is 4.96. The smallest absolute Gasteiger partial charge is 0.267 e. The van der Waals surface area contributed by atoms with Gasteiger partial charge in [-0.1, -0.05) is 24.0 Å². The summed E-state index contributed by atoms with van der Waals surface area (Å²) >= 11 is 0. The first-order valence-corrected chi connectivity index (χ1v) is 9.39. The van der Waals surface area contributed by atoms with Crippen LogP contribution in [-0.2, 0) is 4.79 Å². The average Bonchev–Trinajstić information content (AvgIpc) is 3.31. The Kier molecular flexibility index (Phi) is 5.01. The SMILES string of the molecule is CN1CCC(O)(C#Cc2cccc(-c3cc(-n4cc(F)cn4)cc(C(N)=O)n3)c2)C1=O. The molecule has 156 valence electrons. The molecule has 0 radical (unpaired) electrons. The highest BCUT2D eigenvalue weighted by Gasteiger charge is 2.42. The van der Waals surface area contributed by atoms with Gasteiger partial charge in [-0.25, -0.2) is 14.1 Å². The maximum Gasteiger partial charge on any atom is 0.267 e. The van der Waals surface area contributed by atoms with Crippen LogP contribution in [-0.4, -0.2) is 55.8 Å². The zero-order valence-corrected chi connectivity index (χ0v) is 16.5. The van der Waals surface area contributed by atoms with Gasteiger partial charge in [-0.2, -0.15) is 5.10 Å². The monoisotopic (exact) mass is 419 g/mol. The van der Waals surface area contributed by atoms with Crippen LogP contribution in [0.25, 0.3) is 16.9 Å². The number of hydrogen-bond donors (Lipinski definition) is 2. The standard InChI is InChI=1S/C22H18FN5O3/c1-27-8-7-22(31,21(27)30)6-5-14-3-2-4-15(9-14)18-10-17(11-19(26-18)20(24)29)28-13-16(23)12-25-28/h2-4,9-13,31H,7-8H2,1H3,(H2,24,29). The Morgan fingerprint density at radius 3 is 2.77 bits per heavy atom. The summed E-state index contributed by atoms with van der Waals surface area (Å²) in [6, 6.07) is 9.98. The van der Waals surface area contributed by atoms with Gasteiger partial charge in [0.25, 0.3) is 11.8 Å². The molecule has 1 unspecified atom stereocenters. The zero-order chi connectivity index (χ0) is 22.2. The van der Waals surface area contributed by atoms with Crippen LogP contribution >= 0.6 is 0 Å². The number of benzene rings is 1. The number of nitrogens with zero attached hydrogens (tertiary/aromatic N) is 4. The predicted octanol–water partition coefficient (Wildman–Crippen LogP) is 1.12. The van der Waals surface area contributed by atoms with Crippen LogP contribution in [0.5, 0.6) is 0 Å². The van der Waals surface area contributed by atoms with Crippen LogP contribution < -0.4 is 5.73 Å². The van der Waals surface area contributed by atoms with E-state index in [2.05, 4.69) is 21.9 Å². The molecule has 3 heterocycles. The van der Waals surface area contributed by atoms with E-state index in [0.29, 0.717) is 29.1 Å². The molecule has 1 atom stereocenters. The molecule has 1 aliphatic heterocycles. The van der Waals surface area contributed by atoms with Crippen molar-refractivity contribution in [1.29, 1.82) is 0 Å². The summed E-state index contributed by atoms with van der Waals surface area (Å²) < 4.78 is 14.7. The number of amides is 2. The van der Waals surface area contributed by atoms with Crippen LogP contribution in [0.3, 0.4) is 0 Å². The number of aliphatic hydroxyl groups is 1. The lowest BCUT2D eigenvalue weighted by molar-refractivity contribution is -0.137. The van der Waals surface area contributed by atoms with Crippen molar-refractivity contribution in [2.45, 2.75) is 12.0 Å². The minimum atomic E-state index is -1.70. The van der Waals surface area contributed by atoms with Gasteiger partial charge >= 0.3 is 0 Å². The molecule has 2 amide bonds. The van der Waals surface area contributed by atoms with E-state index in [9.17, 15) is 19.1 Å². The second kappa shape index (κ2) is 7.66. The normalized spacial score (nSPS) is 18.0. The second-order valence-corrected chi connectivity index (χ2v) is 7.23. The first-order valence-electron chi connectivity index (χ1n) is 9.39. The summed E-state index contributed by atoms with van der Waals surface area (Å²) in [6.07, 6.45) is 2.45. The van der Waals surface area contributed by atoms with Crippen molar-refractivity contribution in [2.75, 3.05) is 13.6 Å². The molecule has 1 aliphatic rings. The number of pyridine rings is 1. The molecule has 1 aromatic carbocycles. The van der Waals surface area contributed by atoms with Gasteiger partial charge in [0.1, 0.15) is 5.69 Å². The first kappa shape index (κ1) is 20.3. The molecule has 2 aromatic heterocycles. The Morgan fingerprint density at radius 1 is 1.32 bits per heavy atom. The molecule has 9 heteroatoms. The van der Waals surface area contributed by atoms with Crippen molar-refractivity contribution < 1.29 is 19.1 Å². The van der Waals surface area contributed by atoms with Gasteiger partial charge in [0, 0.05) is 31.1 Å². The molecule has 0 aliphatic carbocycles. The molecule has 0 spiro atoms. The van der Waals surface area contributed by atoms with E-state index in [1.54, 1.807) is 37.4 Å². The van der Waals surface area contributed by atoms with E-state index in [4.69, 9.17) is 5.73 Å². The number of rotatable bonds is 3. The van der Waals surface area contributed by atoms with Crippen molar-refractivity contribution >= 4 is 11.8 Å². The zero-order valence-electron chi connectivity index (χ0n) is 16.5. The molecule has 3 aromatic rings. The van der Waals surface area contributed by atoms with Crippen molar-refractivity contribution in [1.82, 2.24) is 19.7 Å². The highest BCUT2D eigenvalue weighted by molar-refractivity contribution is 5.92. The van der Waals surface area contributed by atoms with Gasteiger partial charge in [0.2, 0.25) is 5.60 Å². The summed E-state index contributed by atoms with van der Waals surface area (Å²) in [5, 5.41) is 14.4. The van der Waals surface area contributed by atoms with E-state index in [0.717, 1.165) is 6.20 Å². The van der Waals surface area contributed by atoms with Gasteiger partial charge in [-0.05, 0) is 24.3 Å². The second-order valence-electron chi connectivity index (χ2n) is 7.23. The summed E-state index contributed by atoms with van der Waals surface area (Å²) in [4.78, 5) is 29.6. The molecule has 31 heavy (non-hydrogen) atoms. The molecule has 0 bridgehead atoms. The van der Waals surface area contributed by atoms with Crippen molar-refractivity contribution in [3.63, 3.8) is 0 Å². The van der Waals surface area contributed by atoms with Gasteiger partial charge in [0.15, 0.2) is 5.82 Å². The van der Waals surface area contributed by atoms with Crippen molar-refractivity contribution in [3.05, 3.63) is 65.9 Å². The Labute approximate surface area is 177 Å². The Bertz CT molecular complexity index is 1260. The minimum absolute atomic E-state index is 0.00574. The summed E-state index contributed by atoms with van der Waals surface area (Å²) in [6.45, 7) is 0.435. The fourth-order valence-electron chi connectivity index (χ4n) is 3.27. The number of aromatic nitrogens is 3. The molecular formula is C22H18FN5O3. The highest BCUT2D eigenvalue weighted by Crippen LogP contribution is 2.24. The predicted molar refractivity (Wildman–Crippen MR) is 109 cm³/mol. The number of halogens is 1. The third kappa shape index (κ3) is 4.01. The Morgan fingerprint density at radius 2 is 2.13 bits per heavy atom. The third-order valence-corrected chi connectivity index (χ3v) is 4.96. The number of likely N-dealkylation sites (tertiary alicyclic amines) is 1. The largest absolute Gasteiger partial charge is 0.369 e. The Hall–Kier alpha value is -4.03. The highest BCUT2D eigenvalue weighted by atomic mass is 19.1. The number of likely N-dealkylation sites (N-methyl/N-ethyl adjacent to an activating group) is 1. The van der Waals surface area contributed by atoms with Crippen molar-refractivity contribution in [2.24, 2.45) is 5.73 Å². The van der Waals surface area contributed by atoms with E-state index < -0.39 is 23.2 Å². The maximum atomic E-state index is 13.4. The minimum Gasteiger partial charge on any atom is -0.369 e. The average molecular weight is 419 g/mol. The molecule has 1 fully saturated rings. The van der Waals surface area contributed by atoms with Crippen LogP contribution in [0.15, 0.2) is 48.8 Å². The van der Waals surface area contributed by atoms with Crippen molar-refractivity contribution in [3.8, 4) is 28.8 Å². The van der Waals surface area contributed by atoms with Crippen LogP contribution in [0, 0.1) is 17.7 Å². The molecule has 8 nitrogen and oxygen atoms in total. The van der Waals surface area contributed by atoms with E-state index in [1.807, 2.05) is 0 Å². The van der Waals surface area contributed by atoms with E-state index >= 15 is 0 Å². The lowest BCUT2D eigenvalue weighted by atomic mass is 10.0.